The summed E-state index contributed by atoms with van der Waals surface area (Å²) in [5.41, 5.74) is 4.02. The van der Waals surface area contributed by atoms with E-state index in [1.165, 1.54) is 6.07 Å². The summed E-state index contributed by atoms with van der Waals surface area (Å²) in [7, 11) is -3.61. The van der Waals surface area contributed by atoms with Gasteiger partial charge in [-0.05, 0) is 49.9 Å². The van der Waals surface area contributed by atoms with Gasteiger partial charge in [-0.25, -0.2) is 12.8 Å². The Morgan fingerprint density at radius 2 is 1.70 bits per heavy atom. The minimum atomic E-state index is -3.61. The predicted molar refractivity (Wildman–Crippen MR) is 106 cm³/mol. The third-order valence-corrected chi connectivity index (χ3v) is 5.57. The Balaban J connectivity index is 2.10. The molecule has 0 saturated heterocycles. The number of rotatable bonds is 7. The van der Waals surface area contributed by atoms with Crippen LogP contribution in [0.4, 0.5) is 10.1 Å². The van der Waals surface area contributed by atoms with Crippen molar-refractivity contribution in [3.05, 3.63) is 64.5 Å². The second kappa shape index (κ2) is 8.63. The number of carbonyl (C=O) groups excluding carboxylic acids is 1. The predicted octanol–water partition coefficient (Wildman–Crippen LogP) is 3.19. The van der Waals surface area contributed by atoms with Gasteiger partial charge < -0.3 is 5.32 Å². The smallest absolute Gasteiger partial charge is 0.239 e. The number of amides is 1. The molecule has 0 fully saturated rings. The first-order chi connectivity index (χ1) is 12.6. The molecule has 0 unspecified atom stereocenters. The molecule has 2 aromatic rings. The summed E-state index contributed by atoms with van der Waals surface area (Å²) in [5.74, 6) is -0.815. The molecule has 0 radical (unpaired) electrons. The molecule has 7 heteroatoms. The number of hydrogen-bond acceptors (Lipinski definition) is 3. The van der Waals surface area contributed by atoms with Crippen LogP contribution in [0.3, 0.4) is 0 Å². The van der Waals surface area contributed by atoms with Crippen LogP contribution in [0.25, 0.3) is 0 Å². The minimum Gasteiger partial charge on any atom is -0.324 e. The largest absolute Gasteiger partial charge is 0.324 e. The SMILES string of the molecule is Cc1cc(C)c(NC(=O)CN(CCc2ccccc2F)S(C)(=O)=O)c(C)c1. The standard InChI is InChI=1S/C20H25FN2O3S/c1-14-11-15(2)20(16(3)12-14)22-19(24)13-23(27(4,25)26)10-9-17-7-5-6-8-18(17)21/h5-8,11-12H,9-10,13H2,1-4H3,(H,22,24). The molecular formula is C20H25FN2O3S. The van der Waals surface area contributed by atoms with Crippen molar-refractivity contribution in [1.82, 2.24) is 4.31 Å². The molecule has 1 N–H and O–H groups in total. The second-order valence-corrected chi connectivity index (χ2v) is 8.74. The van der Waals surface area contributed by atoms with E-state index >= 15 is 0 Å². The third-order valence-electron chi connectivity index (χ3n) is 4.32. The molecule has 0 spiro atoms. The topological polar surface area (TPSA) is 66.5 Å². The monoisotopic (exact) mass is 392 g/mol. The Kier molecular flexibility index (Phi) is 6.73. The van der Waals surface area contributed by atoms with Crippen molar-refractivity contribution in [1.29, 1.82) is 0 Å². The van der Waals surface area contributed by atoms with Crippen LogP contribution in [0.15, 0.2) is 36.4 Å². The molecule has 0 saturated carbocycles. The zero-order valence-corrected chi connectivity index (χ0v) is 16.9. The van der Waals surface area contributed by atoms with E-state index in [1.54, 1.807) is 18.2 Å². The zero-order chi connectivity index (χ0) is 20.2. The normalized spacial score (nSPS) is 11.6. The first-order valence-corrected chi connectivity index (χ1v) is 10.5. The fourth-order valence-electron chi connectivity index (χ4n) is 3.02. The van der Waals surface area contributed by atoms with Gasteiger partial charge in [-0.2, -0.15) is 4.31 Å². The summed E-state index contributed by atoms with van der Waals surface area (Å²) in [6.07, 6.45) is 1.24. The molecule has 0 heterocycles. The Hall–Kier alpha value is -2.25. The molecular weight excluding hydrogens is 367 g/mol. The summed E-state index contributed by atoms with van der Waals surface area (Å²) in [6, 6.07) is 10.1. The van der Waals surface area contributed by atoms with Crippen LogP contribution in [0.2, 0.25) is 0 Å². The van der Waals surface area contributed by atoms with Gasteiger partial charge in [0.05, 0.1) is 12.8 Å². The van der Waals surface area contributed by atoms with Crippen molar-refractivity contribution in [2.24, 2.45) is 0 Å². The Morgan fingerprint density at radius 1 is 1.11 bits per heavy atom. The highest BCUT2D eigenvalue weighted by molar-refractivity contribution is 7.88. The van der Waals surface area contributed by atoms with Gasteiger partial charge >= 0.3 is 0 Å². The maximum absolute atomic E-state index is 13.8. The lowest BCUT2D eigenvalue weighted by atomic mass is 10.1. The van der Waals surface area contributed by atoms with Gasteiger partial charge in [0.15, 0.2) is 0 Å². The van der Waals surface area contributed by atoms with E-state index in [0.717, 1.165) is 27.3 Å². The number of halogens is 1. The third kappa shape index (κ3) is 5.87. The van der Waals surface area contributed by atoms with Gasteiger partial charge in [0, 0.05) is 12.2 Å². The number of sulfonamides is 1. The molecule has 0 aliphatic rings. The van der Waals surface area contributed by atoms with Crippen LogP contribution < -0.4 is 5.32 Å². The van der Waals surface area contributed by atoms with Gasteiger partial charge in [-0.15, -0.1) is 0 Å². The summed E-state index contributed by atoms with van der Waals surface area (Å²) >= 11 is 0. The number of nitrogens with one attached hydrogen (secondary N) is 1. The number of benzene rings is 2. The zero-order valence-electron chi connectivity index (χ0n) is 16.0. The van der Waals surface area contributed by atoms with Gasteiger partial charge in [-0.1, -0.05) is 35.9 Å². The van der Waals surface area contributed by atoms with E-state index < -0.39 is 15.9 Å². The molecule has 1 amide bonds. The number of hydrogen-bond donors (Lipinski definition) is 1. The number of carbonyl (C=O) groups is 1. The fourth-order valence-corrected chi connectivity index (χ4v) is 3.80. The van der Waals surface area contributed by atoms with E-state index in [9.17, 15) is 17.6 Å². The Bertz CT molecular complexity index is 919. The molecule has 27 heavy (non-hydrogen) atoms. The Morgan fingerprint density at radius 3 is 2.26 bits per heavy atom. The fraction of sp³-hybridized carbons (Fsp3) is 0.350. The highest BCUT2D eigenvalue weighted by Crippen LogP contribution is 2.22. The number of aryl methyl sites for hydroxylation is 3. The highest BCUT2D eigenvalue weighted by atomic mass is 32.2. The maximum atomic E-state index is 13.8. The van der Waals surface area contributed by atoms with Crippen molar-refractivity contribution in [3.63, 3.8) is 0 Å². The van der Waals surface area contributed by atoms with Crippen LogP contribution in [-0.2, 0) is 21.2 Å². The summed E-state index contributed by atoms with van der Waals surface area (Å²) in [4.78, 5) is 12.4. The number of anilines is 1. The number of nitrogens with zero attached hydrogens (tertiary/aromatic N) is 1. The van der Waals surface area contributed by atoms with Gasteiger partial charge in [0.25, 0.3) is 0 Å². The quantitative estimate of drug-likeness (QED) is 0.787. The molecule has 2 rings (SSSR count). The lowest BCUT2D eigenvalue weighted by Crippen LogP contribution is -2.38. The molecule has 0 atom stereocenters. The summed E-state index contributed by atoms with van der Waals surface area (Å²) in [6.45, 7) is 5.46. The maximum Gasteiger partial charge on any atom is 0.239 e. The lowest BCUT2D eigenvalue weighted by molar-refractivity contribution is -0.116. The first kappa shape index (κ1) is 21.1. The summed E-state index contributed by atoms with van der Waals surface area (Å²) < 4.78 is 38.9. The van der Waals surface area contributed by atoms with Crippen molar-refractivity contribution < 1.29 is 17.6 Å². The molecule has 0 aromatic heterocycles. The van der Waals surface area contributed by atoms with Crippen molar-refractivity contribution >= 4 is 21.6 Å². The minimum absolute atomic E-state index is 0.0268. The molecule has 146 valence electrons. The van der Waals surface area contributed by atoms with Crippen molar-refractivity contribution in [2.45, 2.75) is 27.2 Å². The Labute approximate surface area is 160 Å². The van der Waals surface area contributed by atoms with Crippen LogP contribution >= 0.6 is 0 Å². The van der Waals surface area contributed by atoms with Gasteiger partial charge in [0.2, 0.25) is 15.9 Å². The van der Waals surface area contributed by atoms with E-state index in [4.69, 9.17) is 0 Å². The van der Waals surface area contributed by atoms with E-state index in [2.05, 4.69) is 5.32 Å². The highest BCUT2D eigenvalue weighted by Gasteiger charge is 2.21. The van der Waals surface area contributed by atoms with Crippen LogP contribution in [0.1, 0.15) is 22.3 Å². The van der Waals surface area contributed by atoms with Crippen LogP contribution in [0, 0.1) is 26.6 Å². The molecule has 0 bridgehead atoms. The molecule has 0 aliphatic carbocycles. The lowest BCUT2D eigenvalue weighted by Gasteiger charge is -2.20. The van der Waals surface area contributed by atoms with E-state index in [1.807, 2.05) is 32.9 Å². The van der Waals surface area contributed by atoms with E-state index in [0.29, 0.717) is 11.3 Å². The van der Waals surface area contributed by atoms with Crippen LogP contribution in [0.5, 0.6) is 0 Å². The molecule has 5 nitrogen and oxygen atoms in total. The second-order valence-electron chi connectivity index (χ2n) is 6.76. The average Bonchev–Trinajstić information content (AvgIpc) is 2.55. The average molecular weight is 392 g/mol. The summed E-state index contributed by atoms with van der Waals surface area (Å²) in [5, 5.41) is 2.80. The van der Waals surface area contributed by atoms with Gasteiger partial charge in [-0.3, -0.25) is 4.79 Å². The molecule has 0 aliphatic heterocycles. The van der Waals surface area contributed by atoms with Crippen molar-refractivity contribution in [3.8, 4) is 0 Å². The first-order valence-electron chi connectivity index (χ1n) is 8.64. The van der Waals surface area contributed by atoms with E-state index in [-0.39, 0.29) is 25.3 Å². The molecule has 2 aromatic carbocycles. The van der Waals surface area contributed by atoms with Crippen LogP contribution in [-0.4, -0.2) is 38.0 Å². The van der Waals surface area contributed by atoms with Gasteiger partial charge in [0.1, 0.15) is 5.82 Å². The van der Waals surface area contributed by atoms with Crippen molar-refractivity contribution in [2.75, 3.05) is 24.7 Å².